The summed E-state index contributed by atoms with van der Waals surface area (Å²) in [5.74, 6) is -1.41. The van der Waals surface area contributed by atoms with E-state index >= 15 is 0 Å². The van der Waals surface area contributed by atoms with Gasteiger partial charge in [0.15, 0.2) is 12.4 Å². The molecule has 0 saturated carbocycles. The summed E-state index contributed by atoms with van der Waals surface area (Å²) in [4.78, 5) is 36.8. The second-order valence-electron chi connectivity index (χ2n) is 5.72. The van der Waals surface area contributed by atoms with Crippen LogP contribution >= 0.6 is 11.3 Å². The van der Waals surface area contributed by atoms with Gasteiger partial charge < -0.3 is 10.1 Å². The summed E-state index contributed by atoms with van der Waals surface area (Å²) >= 11 is 1.39. The van der Waals surface area contributed by atoms with Crippen molar-refractivity contribution < 1.29 is 23.5 Å². The lowest BCUT2D eigenvalue weighted by molar-refractivity contribution is -0.148. The molecule has 7 heteroatoms. The van der Waals surface area contributed by atoms with Gasteiger partial charge in [-0.1, -0.05) is 12.1 Å². The van der Waals surface area contributed by atoms with Crippen molar-refractivity contribution in [3.05, 3.63) is 57.5 Å². The number of hydrogen-bond donors (Lipinski definition) is 1. The van der Waals surface area contributed by atoms with Gasteiger partial charge in [0.25, 0.3) is 5.91 Å². The summed E-state index contributed by atoms with van der Waals surface area (Å²) in [5.41, 5.74) is 0.894. The van der Waals surface area contributed by atoms with Crippen molar-refractivity contribution in [3.8, 4) is 0 Å². The van der Waals surface area contributed by atoms with Crippen LogP contribution in [-0.4, -0.2) is 30.8 Å². The average Bonchev–Trinajstić information content (AvgIpc) is 3.06. The van der Waals surface area contributed by atoms with Crippen molar-refractivity contribution in [2.45, 2.75) is 26.2 Å². The third kappa shape index (κ3) is 6.76. The highest BCUT2D eigenvalue weighted by molar-refractivity contribution is 7.14. The maximum Gasteiger partial charge on any atom is 0.306 e. The largest absolute Gasteiger partial charge is 0.456 e. The first-order valence-electron chi connectivity index (χ1n) is 8.20. The Balaban J connectivity index is 1.60. The first-order chi connectivity index (χ1) is 12.4. The topological polar surface area (TPSA) is 72.5 Å². The van der Waals surface area contributed by atoms with Gasteiger partial charge in [-0.15, -0.1) is 11.3 Å². The quantitative estimate of drug-likeness (QED) is 0.538. The van der Waals surface area contributed by atoms with Gasteiger partial charge in [-0.2, -0.15) is 0 Å². The highest BCUT2D eigenvalue weighted by Crippen LogP contribution is 2.17. The van der Waals surface area contributed by atoms with Crippen molar-refractivity contribution >= 4 is 29.0 Å². The zero-order valence-electron chi connectivity index (χ0n) is 14.4. The van der Waals surface area contributed by atoms with Crippen LogP contribution in [0, 0.1) is 12.7 Å². The number of carbonyl (C=O) groups excluding carboxylic acids is 3. The Labute approximate surface area is 155 Å². The van der Waals surface area contributed by atoms with E-state index in [-0.39, 0.29) is 31.0 Å². The van der Waals surface area contributed by atoms with Gasteiger partial charge in [0.05, 0.1) is 11.3 Å². The zero-order valence-corrected chi connectivity index (χ0v) is 15.2. The molecule has 0 unspecified atom stereocenters. The van der Waals surface area contributed by atoms with Crippen LogP contribution in [-0.2, 0) is 20.7 Å². The van der Waals surface area contributed by atoms with Gasteiger partial charge in [-0.25, -0.2) is 4.39 Å². The number of aryl methyl sites for hydroxylation is 1. The molecular weight excluding hydrogens is 357 g/mol. The Morgan fingerprint density at radius 3 is 2.46 bits per heavy atom. The lowest BCUT2D eigenvalue weighted by Crippen LogP contribution is -2.30. The van der Waals surface area contributed by atoms with E-state index in [1.165, 1.54) is 23.5 Å². The third-order valence-corrected chi connectivity index (χ3v) is 4.63. The fourth-order valence-corrected chi connectivity index (χ4v) is 3.02. The monoisotopic (exact) mass is 377 g/mol. The summed E-state index contributed by atoms with van der Waals surface area (Å²) in [7, 11) is 0. The molecule has 0 bridgehead atoms. The van der Waals surface area contributed by atoms with E-state index in [9.17, 15) is 18.8 Å². The van der Waals surface area contributed by atoms with Crippen LogP contribution in [0.1, 0.15) is 33.0 Å². The maximum absolute atomic E-state index is 12.8. The average molecular weight is 377 g/mol. The molecule has 0 saturated heterocycles. The number of halogens is 1. The van der Waals surface area contributed by atoms with Gasteiger partial charge >= 0.3 is 5.97 Å². The Bertz CT molecular complexity index is 770. The number of ketones is 1. The molecule has 5 nitrogen and oxygen atoms in total. The Hall–Kier alpha value is -2.54. The third-order valence-electron chi connectivity index (χ3n) is 3.58. The molecule has 26 heavy (non-hydrogen) atoms. The van der Waals surface area contributed by atoms with Crippen LogP contribution < -0.4 is 5.32 Å². The summed E-state index contributed by atoms with van der Waals surface area (Å²) in [5, 5.41) is 2.62. The highest BCUT2D eigenvalue weighted by atomic mass is 32.1. The molecule has 0 aliphatic rings. The highest BCUT2D eigenvalue weighted by Gasteiger charge is 2.13. The molecule has 2 aromatic rings. The molecule has 1 heterocycles. The predicted molar refractivity (Wildman–Crippen MR) is 96.7 cm³/mol. The van der Waals surface area contributed by atoms with E-state index in [2.05, 4.69) is 5.32 Å². The molecule has 0 radical (unpaired) electrons. The van der Waals surface area contributed by atoms with Crippen LogP contribution in [0.4, 0.5) is 4.39 Å². The van der Waals surface area contributed by atoms with E-state index in [4.69, 9.17) is 4.74 Å². The lowest BCUT2D eigenvalue weighted by atomic mass is 10.1. The first kappa shape index (κ1) is 19.8. The lowest BCUT2D eigenvalue weighted by Gasteiger charge is -2.06. The van der Waals surface area contributed by atoms with Crippen LogP contribution in [0.15, 0.2) is 36.4 Å². The van der Waals surface area contributed by atoms with Crippen LogP contribution in [0.2, 0.25) is 0 Å². The number of carbonyl (C=O) groups is 3. The first-order valence-corrected chi connectivity index (χ1v) is 9.02. The number of hydrogen-bond acceptors (Lipinski definition) is 5. The predicted octanol–water partition coefficient (Wildman–Crippen LogP) is 3.06. The number of benzene rings is 1. The molecule has 138 valence electrons. The summed E-state index contributed by atoms with van der Waals surface area (Å²) < 4.78 is 17.6. The number of amides is 1. The van der Waals surface area contributed by atoms with Crippen molar-refractivity contribution in [1.82, 2.24) is 5.32 Å². The van der Waals surface area contributed by atoms with Crippen molar-refractivity contribution in [2.24, 2.45) is 0 Å². The number of ether oxygens (including phenoxy) is 1. The Kier molecular flexibility index (Phi) is 7.47. The van der Waals surface area contributed by atoms with Crippen molar-refractivity contribution in [3.63, 3.8) is 0 Å². The van der Waals surface area contributed by atoms with Crippen LogP contribution in [0.5, 0.6) is 0 Å². The van der Waals surface area contributed by atoms with Crippen molar-refractivity contribution in [1.29, 1.82) is 0 Å². The summed E-state index contributed by atoms with van der Waals surface area (Å²) in [6, 6.07) is 9.60. The number of Topliss-reactive ketones (excluding diaryl/α,β-unsaturated/α-hetero) is 1. The molecule has 1 aromatic carbocycles. The Morgan fingerprint density at radius 2 is 1.81 bits per heavy atom. The molecule has 1 amide bonds. The molecule has 1 N–H and O–H groups in total. The standard InChI is InChI=1S/C19H20FNO4S/c1-13-2-8-17(26-13)16(22)7-9-19(24)25-12-18(23)21-11-10-14-3-5-15(20)6-4-14/h2-6,8H,7,9-12H2,1H3,(H,21,23). The van der Waals surface area contributed by atoms with Gasteiger partial charge in [0, 0.05) is 17.8 Å². The minimum Gasteiger partial charge on any atom is -0.456 e. The van der Waals surface area contributed by atoms with Gasteiger partial charge in [0.2, 0.25) is 0 Å². The normalized spacial score (nSPS) is 10.4. The fourth-order valence-electron chi connectivity index (χ4n) is 2.19. The molecular formula is C19H20FNO4S. The molecule has 0 aliphatic carbocycles. The minimum atomic E-state index is -0.583. The number of esters is 1. The minimum absolute atomic E-state index is 0.0569. The second-order valence-corrected chi connectivity index (χ2v) is 7.01. The van der Waals surface area contributed by atoms with E-state index in [0.717, 1.165) is 10.4 Å². The molecule has 0 spiro atoms. The van der Waals surface area contributed by atoms with E-state index < -0.39 is 11.9 Å². The molecule has 0 atom stereocenters. The zero-order chi connectivity index (χ0) is 18.9. The van der Waals surface area contributed by atoms with Gasteiger partial charge in [-0.05, 0) is 43.2 Å². The fraction of sp³-hybridized carbons (Fsp3) is 0.316. The second kappa shape index (κ2) is 9.82. The Morgan fingerprint density at radius 1 is 1.08 bits per heavy atom. The molecule has 2 rings (SSSR count). The number of nitrogens with one attached hydrogen (secondary N) is 1. The summed E-state index contributed by atoms with van der Waals surface area (Å²) in [6.45, 7) is 1.89. The number of thiophene rings is 1. The van der Waals surface area contributed by atoms with Crippen LogP contribution in [0.25, 0.3) is 0 Å². The summed E-state index contributed by atoms with van der Waals surface area (Å²) in [6.07, 6.45) is 0.554. The van der Waals surface area contributed by atoms with Gasteiger partial charge in [0.1, 0.15) is 5.82 Å². The van der Waals surface area contributed by atoms with E-state index in [1.807, 2.05) is 13.0 Å². The van der Waals surface area contributed by atoms with Gasteiger partial charge in [-0.3, -0.25) is 14.4 Å². The molecule has 1 aromatic heterocycles. The van der Waals surface area contributed by atoms with Crippen molar-refractivity contribution in [2.75, 3.05) is 13.2 Å². The SMILES string of the molecule is Cc1ccc(C(=O)CCC(=O)OCC(=O)NCCc2ccc(F)cc2)s1. The number of rotatable bonds is 9. The molecule has 0 aliphatic heterocycles. The van der Waals surface area contributed by atoms with E-state index in [1.54, 1.807) is 18.2 Å². The van der Waals surface area contributed by atoms with E-state index in [0.29, 0.717) is 17.8 Å². The molecule has 0 fully saturated rings. The van der Waals surface area contributed by atoms with Crippen LogP contribution in [0.3, 0.4) is 0 Å². The smallest absolute Gasteiger partial charge is 0.306 e. The maximum atomic E-state index is 12.8.